The molecule has 0 spiro atoms. The maximum Gasteiger partial charge on any atom is 0.197 e. The Morgan fingerprint density at radius 2 is 1.66 bits per heavy atom. The molecule has 0 radical (unpaired) electrons. The molecule has 0 atom stereocenters. The number of fused-ring (bicyclic) bond motifs is 1. The van der Waals surface area contributed by atoms with Crippen LogP contribution < -0.4 is 5.32 Å². The fourth-order valence-corrected chi connectivity index (χ4v) is 5.13. The number of benzene rings is 3. The summed E-state index contributed by atoms with van der Waals surface area (Å²) in [6.45, 7) is 6.39. The van der Waals surface area contributed by atoms with Gasteiger partial charge in [0.25, 0.3) is 0 Å². The first kappa shape index (κ1) is 25.1. The van der Waals surface area contributed by atoms with Crippen molar-refractivity contribution in [2.24, 2.45) is 4.99 Å². The number of hydrogen-bond acceptors (Lipinski definition) is 1. The van der Waals surface area contributed by atoms with Crippen LogP contribution in [0.5, 0.6) is 0 Å². The molecule has 1 N–H and O–H groups in total. The summed E-state index contributed by atoms with van der Waals surface area (Å²) in [5.41, 5.74) is 10.4. The van der Waals surface area contributed by atoms with Gasteiger partial charge in [-0.2, -0.15) is 0 Å². The molecule has 4 rings (SSSR count). The summed E-state index contributed by atoms with van der Waals surface area (Å²) in [6.07, 6.45) is 2.93. The van der Waals surface area contributed by atoms with Crippen molar-refractivity contribution in [3.8, 4) is 0 Å². The van der Waals surface area contributed by atoms with Gasteiger partial charge in [0.1, 0.15) is 0 Å². The van der Waals surface area contributed by atoms with E-state index in [-0.39, 0.29) is 0 Å². The van der Waals surface area contributed by atoms with Gasteiger partial charge in [-0.15, -0.1) is 0 Å². The third-order valence-corrected chi connectivity index (χ3v) is 6.94. The van der Waals surface area contributed by atoms with E-state index in [2.05, 4.69) is 66.3 Å². The smallest absolute Gasteiger partial charge is 0.197 e. The zero-order valence-corrected chi connectivity index (χ0v) is 22.3. The van der Waals surface area contributed by atoms with Crippen molar-refractivity contribution in [2.45, 2.75) is 26.2 Å². The van der Waals surface area contributed by atoms with E-state index in [1.165, 1.54) is 33.4 Å². The lowest BCUT2D eigenvalue weighted by molar-refractivity contribution is 0.602. The summed E-state index contributed by atoms with van der Waals surface area (Å²) < 4.78 is 0. The Hall–Kier alpha value is -3.01. The largest absolute Gasteiger partial charge is 0.349 e. The van der Waals surface area contributed by atoms with Crippen molar-refractivity contribution in [1.82, 2.24) is 10.2 Å². The highest BCUT2D eigenvalue weighted by atomic mass is 35.5. The molecule has 0 saturated heterocycles. The Morgan fingerprint density at radius 1 is 0.943 bits per heavy atom. The first-order valence-corrected chi connectivity index (χ1v) is 12.5. The molecular weight excluding hydrogens is 473 g/mol. The summed E-state index contributed by atoms with van der Waals surface area (Å²) in [6, 6.07) is 21.2. The molecule has 0 aromatic heterocycles. The standard InChI is InChI=1S/C30H31Cl2N3/c1-19-9-11-21(12-10-19)29-25-15-13-22(20(2)34-30(33-3)35(4)5)17-23(25)7-6-8-27(29)26-16-14-24(31)18-28(26)32/h9-18H,2,6-8H2,1,3-5H3,(H,33,34). The zero-order chi connectivity index (χ0) is 25.1. The van der Waals surface area contributed by atoms with E-state index >= 15 is 0 Å². The first-order valence-electron chi connectivity index (χ1n) is 11.8. The number of rotatable bonds is 4. The Labute approximate surface area is 218 Å². The van der Waals surface area contributed by atoms with Crippen LogP contribution in [0, 0.1) is 6.92 Å². The first-order chi connectivity index (χ1) is 16.8. The molecule has 0 amide bonds. The molecule has 1 aliphatic rings. The highest BCUT2D eigenvalue weighted by molar-refractivity contribution is 6.36. The molecule has 1 aliphatic carbocycles. The molecule has 180 valence electrons. The lowest BCUT2D eigenvalue weighted by Gasteiger charge is -2.20. The van der Waals surface area contributed by atoms with Crippen LogP contribution in [0.25, 0.3) is 16.8 Å². The van der Waals surface area contributed by atoms with Crippen LogP contribution >= 0.6 is 23.2 Å². The van der Waals surface area contributed by atoms with Gasteiger partial charge < -0.3 is 10.2 Å². The van der Waals surface area contributed by atoms with Crippen LogP contribution in [-0.2, 0) is 6.42 Å². The molecule has 0 saturated carbocycles. The Balaban J connectivity index is 1.86. The topological polar surface area (TPSA) is 27.6 Å². The van der Waals surface area contributed by atoms with Gasteiger partial charge in [0.15, 0.2) is 5.96 Å². The summed E-state index contributed by atoms with van der Waals surface area (Å²) in [5, 5.41) is 4.67. The van der Waals surface area contributed by atoms with Crippen LogP contribution in [0.3, 0.4) is 0 Å². The van der Waals surface area contributed by atoms with Gasteiger partial charge in [-0.3, -0.25) is 4.99 Å². The molecule has 3 aromatic carbocycles. The fraction of sp³-hybridized carbons (Fsp3) is 0.233. The van der Waals surface area contributed by atoms with E-state index in [1.807, 2.05) is 37.2 Å². The number of hydrogen-bond donors (Lipinski definition) is 1. The predicted molar refractivity (Wildman–Crippen MR) is 152 cm³/mol. The fourth-order valence-electron chi connectivity index (χ4n) is 4.60. The van der Waals surface area contributed by atoms with Crippen LogP contribution in [0.1, 0.15) is 46.2 Å². The minimum atomic E-state index is 0.647. The maximum atomic E-state index is 6.72. The zero-order valence-electron chi connectivity index (χ0n) is 20.8. The molecule has 0 heterocycles. The number of guanidine groups is 1. The monoisotopic (exact) mass is 503 g/mol. The number of aliphatic imine (C=N–C) groups is 1. The van der Waals surface area contributed by atoms with Crippen LogP contribution in [0.2, 0.25) is 10.0 Å². The van der Waals surface area contributed by atoms with Gasteiger partial charge in [0, 0.05) is 36.9 Å². The van der Waals surface area contributed by atoms with Gasteiger partial charge >= 0.3 is 0 Å². The average molecular weight is 505 g/mol. The number of nitrogens with one attached hydrogen (secondary N) is 1. The lowest BCUT2D eigenvalue weighted by atomic mass is 9.87. The molecular formula is C30H31Cl2N3. The Kier molecular flexibility index (Phi) is 7.69. The van der Waals surface area contributed by atoms with Gasteiger partial charge in [0.2, 0.25) is 0 Å². The summed E-state index contributed by atoms with van der Waals surface area (Å²) >= 11 is 12.9. The second kappa shape index (κ2) is 10.7. The van der Waals surface area contributed by atoms with Gasteiger partial charge in [0.05, 0.1) is 0 Å². The van der Waals surface area contributed by atoms with E-state index < -0.39 is 0 Å². The Bertz CT molecular complexity index is 1320. The molecule has 0 fully saturated rings. The molecule has 0 bridgehead atoms. The summed E-state index contributed by atoms with van der Waals surface area (Å²) in [5.74, 6) is 0.768. The van der Waals surface area contributed by atoms with Crippen LogP contribution in [0.15, 0.2) is 72.2 Å². The number of halogens is 2. The third kappa shape index (κ3) is 5.47. The molecule has 0 unspecified atom stereocenters. The summed E-state index contributed by atoms with van der Waals surface area (Å²) in [4.78, 5) is 6.25. The van der Waals surface area contributed by atoms with Crippen molar-refractivity contribution >= 4 is 46.0 Å². The van der Waals surface area contributed by atoms with Crippen LogP contribution in [-0.4, -0.2) is 32.0 Å². The minimum absolute atomic E-state index is 0.647. The Morgan fingerprint density at radius 3 is 2.31 bits per heavy atom. The van der Waals surface area contributed by atoms with Crippen molar-refractivity contribution in [3.05, 3.63) is 111 Å². The van der Waals surface area contributed by atoms with E-state index in [0.29, 0.717) is 10.0 Å². The van der Waals surface area contributed by atoms with Crippen molar-refractivity contribution in [3.63, 3.8) is 0 Å². The van der Waals surface area contributed by atoms with E-state index in [9.17, 15) is 0 Å². The second-order valence-corrected chi connectivity index (χ2v) is 9.96. The third-order valence-electron chi connectivity index (χ3n) is 6.39. The van der Waals surface area contributed by atoms with Crippen molar-refractivity contribution in [1.29, 1.82) is 0 Å². The minimum Gasteiger partial charge on any atom is -0.349 e. The summed E-state index contributed by atoms with van der Waals surface area (Å²) in [7, 11) is 5.69. The van der Waals surface area contributed by atoms with Crippen molar-refractivity contribution < 1.29 is 0 Å². The van der Waals surface area contributed by atoms with Gasteiger partial charge in [-0.05, 0) is 83.3 Å². The molecule has 5 heteroatoms. The molecule has 35 heavy (non-hydrogen) atoms. The number of aryl methyl sites for hydroxylation is 2. The van der Waals surface area contributed by atoms with Gasteiger partial charge in [-0.1, -0.05) is 77.8 Å². The van der Waals surface area contributed by atoms with E-state index in [0.717, 1.165) is 42.0 Å². The lowest BCUT2D eigenvalue weighted by Crippen LogP contribution is -2.34. The quantitative estimate of drug-likeness (QED) is 0.291. The van der Waals surface area contributed by atoms with Gasteiger partial charge in [-0.25, -0.2) is 0 Å². The second-order valence-electron chi connectivity index (χ2n) is 9.11. The molecule has 0 aliphatic heterocycles. The SMILES string of the molecule is C=C(NC(=NC)N(C)C)c1ccc2c(c1)CCCC(c1ccc(Cl)cc1Cl)=C2c1ccc(C)cc1. The van der Waals surface area contributed by atoms with E-state index in [1.54, 1.807) is 7.05 Å². The molecule has 3 aromatic rings. The van der Waals surface area contributed by atoms with E-state index in [4.69, 9.17) is 23.2 Å². The van der Waals surface area contributed by atoms with Crippen molar-refractivity contribution in [2.75, 3.05) is 21.1 Å². The highest BCUT2D eigenvalue weighted by Gasteiger charge is 2.22. The van der Waals surface area contributed by atoms with Crippen LogP contribution in [0.4, 0.5) is 0 Å². The normalized spacial score (nSPS) is 13.8. The average Bonchev–Trinajstić information content (AvgIpc) is 3.01. The highest BCUT2D eigenvalue weighted by Crippen LogP contribution is 2.42. The number of allylic oxidation sites excluding steroid dienone is 1. The molecule has 3 nitrogen and oxygen atoms in total. The maximum absolute atomic E-state index is 6.72. The predicted octanol–water partition coefficient (Wildman–Crippen LogP) is 7.70. The number of nitrogens with zero attached hydrogens (tertiary/aromatic N) is 2.